The first-order valence-corrected chi connectivity index (χ1v) is 9.36. The van der Waals surface area contributed by atoms with Gasteiger partial charge in [0.15, 0.2) is 0 Å². The first kappa shape index (κ1) is 10.7. The molecule has 0 aliphatic heterocycles. The van der Waals surface area contributed by atoms with Crippen LogP contribution in [0.25, 0.3) is 0 Å². The molecular formula is C12H12Br4. The quantitative estimate of drug-likeness (QED) is 0.444. The Morgan fingerprint density at radius 1 is 0.688 bits per heavy atom. The van der Waals surface area contributed by atoms with Gasteiger partial charge in [-0.05, 0) is 60.2 Å². The molecule has 0 nitrogen and oxygen atoms in total. The zero-order chi connectivity index (χ0) is 11.0. The van der Waals surface area contributed by atoms with Gasteiger partial charge in [0, 0.05) is 0 Å². The Bertz CT molecular complexity index is 370. The highest BCUT2D eigenvalue weighted by molar-refractivity contribution is 9.25. The molecule has 4 heteroatoms. The molecular weight excluding hydrogens is 464 g/mol. The monoisotopic (exact) mass is 472 g/mol. The van der Waals surface area contributed by atoms with Gasteiger partial charge in [0.1, 0.15) is 0 Å². The van der Waals surface area contributed by atoms with Crippen LogP contribution in [0.4, 0.5) is 0 Å². The molecule has 0 radical (unpaired) electrons. The van der Waals surface area contributed by atoms with Crippen LogP contribution in [0.3, 0.4) is 0 Å². The third-order valence-corrected chi connectivity index (χ3v) is 9.79. The number of hydrogen-bond acceptors (Lipinski definition) is 0. The largest absolute Gasteiger partial charge is 0.0874 e. The smallest absolute Gasteiger partial charge is 0.0727 e. The summed E-state index contributed by atoms with van der Waals surface area (Å²) < 4.78 is 0.609. The molecule has 0 spiro atoms. The molecule has 0 heterocycles. The van der Waals surface area contributed by atoms with E-state index in [9.17, 15) is 0 Å². The normalized spacial score (nSPS) is 69.8. The van der Waals surface area contributed by atoms with E-state index in [1.807, 2.05) is 0 Å². The molecule has 0 aromatic heterocycles. The third kappa shape index (κ3) is 0.924. The van der Waals surface area contributed by atoms with E-state index in [1.54, 1.807) is 0 Å². The van der Waals surface area contributed by atoms with Crippen LogP contribution in [-0.4, -0.2) is 6.47 Å². The molecule has 0 aromatic rings. The van der Waals surface area contributed by atoms with Crippen molar-refractivity contribution in [3.05, 3.63) is 0 Å². The second kappa shape index (κ2) is 2.69. The van der Waals surface area contributed by atoms with E-state index in [-0.39, 0.29) is 3.23 Å². The van der Waals surface area contributed by atoms with Crippen molar-refractivity contribution >= 4 is 63.7 Å². The molecule has 8 atom stereocenters. The second-order valence-electron chi connectivity index (χ2n) is 6.63. The van der Waals surface area contributed by atoms with Gasteiger partial charge in [0.05, 0.1) is 6.47 Å². The lowest BCUT2D eigenvalue weighted by atomic mass is 9.36. The van der Waals surface area contributed by atoms with Gasteiger partial charge >= 0.3 is 0 Å². The molecule has 5 rings (SSSR count). The lowest BCUT2D eigenvalue weighted by Gasteiger charge is -2.71. The summed E-state index contributed by atoms with van der Waals surface area (Å²) in [6, 6.07) is 0. The molecule has 5 fully saturated rings. The van der Waals surface area contributed by atoms with Crippen LogP contribution in [0, 0.1) is 47.3 Å². The summed E-state index contributed by atoms with van der Waals surface area (Å²) in [5, 5.41) is 0. The Morgan fingerprint density at radius 2 is 1.19 bits per heavy atom. The Kier molecular flexibility index (Phi) is 1.80. The van der Waals surface area contributed by atoms with Crippen molar-refractivity contribution in [2.75, 3.05) is 0 Å². The highest BCUT2D eigenvalue weighted by Crippen LogP contribution is 2.90. The van der Waals surface area contributed by atoms with Crippen molar-refractivity contribution in [3.63, 3.8) is 0 Å². The van der Waals surface area contributed by atoms with Gasteiger partial charge in [0.2, 0.25) is 0 Å². The minimum atomic E-state index is 0.270. The van der Waals surface area contributed by atoms with Gasteiger partial charge < -0.3 is 0 Å². The van der Waals surface area contributed by atoms with Crippen molar-refractivity contribution in [1.82, 2.24) is 0 Å². The minimum absolute atomic E-state index is 0.270. The van der Waals surface area contributed by atoms with Crippen molar-refractivity contribution in [2.24, 2.45) is 47.3 Å². The van der Waals surface area contributed by atoms with E-state index < -0.39 is 0 Å². The standard InChI is InChI=1S/C12H12Br4/c13-11(14)1-3-5-4(2-11)7-8(5)6(3)9-10(7)12(9,15)16/h3-10H,1-2H2/t3-,4+,5?,6-,7-,8?,9-,10+/m1/s1. The summed E-state index contributed by atoms with van der Waals surface area (Å²) in [6.07, 6.45) is 2.70. The van der Waals surface area contributed by atoms with Crippen molar-refractivity contribution in [2.45, 2.75) is 19.3 Å². The predicted octanol–water partition coefficient (Wildman–Crippen LogP) is 4.74. The van der Waals surface area contributed by atoms with Crippen molar-refractivity contribution in [3.8, 4) is 0 Å². The highest BCUT2D eigenvalue weighted by atomic mass is 79.9. The molecule has 0 amide bonds. The van der Waals surface area contributed by atoms with E-state index in [1.165, 1.54) is 12.8 Å². The molecule has 88 valence electrons. The maximum absolute atomic E-state index is 3.93. The van der Waals surface area contributed by atoms with Crippen LogP contribution < -0.4 is 0 Å². The number of rotatable bonds is 0. The third-order valence-electron chi connectivity index (χ3n) is 6.38. The zero-order valence-electron chi connectivity index (χ0n) is 8.54. The molecule has 16 heavy (non-hydrogen) atoms. The lowest BCUT2D eigenvalue weighted by molar-refractivity contribution is -0.209. The maximum atomic E-state index is 3.93. The van der Waals surface area contributed by atoms with E-state index in [2.05, 4.69) is 63.7 Å². The van der Waals surface area contributed by atoms with Crippen LogP contribution >= 0.6 is 63.7 Å². The second-order valence-corrected chi connectivity index (χ2v) is 14.4. The van der Waals surface area contributed by atoms with E-state index in [4.69, 9.17) is 0 Å². The molecule has 5 aliphatic carbocycles. The van der Waals surface area contributed by atoms with Gasteiger partial charge in [-0.2, -0.15) is 0 Å². The topological polar surface area (TPSA) is 0 Å². The van der Waals surface area contributed by atoms with Gasteiger partial charge in [0.25, 0.3) is 0 Å². The summed E-state index contributed by atoms with van der Waals surface area (Å²) in [4.78, 5) is 0. The minimum Gasteiger partial charge on any atom is -0.0727 e. The van der Waals surface area contributed by atoms with Gasteiger partial charge in [-0.3, -0.25) is 0 Å². The number of alkyl halides is 4. The first-order chi connectivity index (χ1) is 7.43. The van der Waals surface area contributed by atoms with E-state index >= 15 is 0 Å². The van der Waals surface area contributed by atoms with Crippen LogP contribution in [0.1, 0.15) is 12.8 Å². The molecule has 2 unspecified atom stereocenters. The van der Waals surface area contributed by atoms with Gasteiger partial charge in [-0.15, -0.1) is 0 Å². The fourth-order valence-corrected chi connectivity index (χ4v) is 9.74. The molecule has 5 saturated carbocycles. The Hall–Kier alpha value is 1.92. The molecule has 0 bridgehead atoms. The average molecular weight is 476 g/mol. The summed E-state index contributed by atoms with van der Waals surface area (Å²) >= 11 is 15.6. The van der Waals surface area contributed by atoms with Crippen LogP contribution in [0.15, 0.2) is 0 Å². The lowest BCUT2D eigenvalue weighted by Crippen LogP contribution is -2.67. The molecule has 0 aromatic carbocycles. The van der Waals surface area contributed by atoms with Crippen molar-refractivity contribution < 1.29 is 0 Å². The van der Waals surface area contributed by atoms with E-state index in [0.717, 1.165) is 47.3 Å². The predicted molar refractivity (Wildman–Crippen MR) is 78.3 cm³/mol. The van der Waals surface area contributed by atoms with Gasteiger partial charge in [-0.1, -0.05) is 63.7 Å². The fraction of sp³-hybridized carbons (Fsp3) is 1.00. The molecule has 0 N–H and O–H groups in total. The zero-order valence-corrected chi connectivity index (χ0v) is 14.9. The number of hydrogen-bond donors (Lipinski definition) is 0. The fourth-order valence-electron chi connectivity index (χ4n) is 6.15. The first-order valence-electron chi connectivity index (χ1n) is 6.19. The molecule has 5 aliphatic rings. The summed E-state index contributed by atoms with van der Waals surface area (Å²) in [5.41, 5.74) is 0. The molecule has 0 saturated heterocycles. The SMILES string of the molecule is BrC1(Br)C[C@@H]2C3C4[C@@H]2[C@@H]2[C@H]([C@@H]4[C@H]3C1)C2(Br)Br. The number of fused-ring (bicyclic) bond motifs is 5. The van der Waals surface area contributed by atoms with Crippen molar-refractivity contribution in [1.29, 1.82) is 0 Å². The van der Waals surface area contributed by atoms with Crippen LogP contribution in [0.5, 0.6) is 0 Å². The Balaban J connectivity index is 1.58. The maximum Gasteiger partial charge on any atom is 0.0874 e. The van der Waals surface area contributed by atoms with E-state index in [0.29, 0.717) is 3.23 Å². The Labute approximate surface area is 129 Å². The number of halogens is 4. The van der Waals surface area contributed by atoms with Gasteiger partial charge in [-0.25, -0.2) is 0 Å². The summed E-state index contributed by atoms with van der Waals surface area (Å²) in [7, 11) is 0. The summed E-state index contributed by atoms with van der Waals surface area (Å²) in [5.74, 6) is 8.21. The van der Waals surface area contributed by atoms with Crippen LogP contribution in [-0.2, 0) is 0 Å². The highest BCUT2D eigenvalue weighted by Gasteiger charge is 2.87. The Morgan fingerprint density at radius 3 is 1.69 bits per heavy atom. The average Bonchev–Trinajstić information content (AvgIpc) is 2.58. The van der Waals surface area contributed by atoms with Crippen LogP contribution in [0.2, 0.25) is 0 Å². The summed E-state index contributed by atoms with van der Waals surface area (Å²) in [6.45, 7) is 0.